The van der Waals surface area contributed by atoms with Crippen LogP contribution >= 0.6 is 0 Å². The number of hydrogen-bond acceptors (Lipinski definition) is 5. The van der Waals surface area contributed by atoms with Crippen LogP contribution in [-0.4, -0.2) is 16.7 Å². The lowest BCUT2D eigenvalue weighted by Gasteiger charge is -2.15. The molecule has 1 aromatic heterocycles. The van der Waals surface area contributed by atoms with Gasteiger partial charge in [0, 0.05) is 25.4 Å². The van der Waals surface area contributed by atoms with Gasteiger partial charge in [-0.25, -0.2) is 4.98 Å². The van der Waals surface area contributed by atoms with Crippen molar-refractivity contribution in [2.45, 2.75) is 26.4 Å². The lowest BCUT2D eigenvalue weighted by Crippen LogP contribution is -2.31. The Kier molecular flexibility index (Phi) is 6.10. The molecular formula is C21H25N5O. The molecule has 0 radical (unpaired) electrons. The molecule has 0 atom stereocenters. The number of nitrogens with one attached hydrogen (secondary N) is 3. The molecule has 0 aliphatic heterocycles. The van der Waals surface area contributed by atoms with Crippen molar-refractivity contribution in [3.63, 3.8) is 0 Å². The molecule has 0 saturated carbocycles. The van der Waals surface area contributed by atoms with Crippen molar-refractivity contribution in [3.8, 4) is 0 Å². The molecule has 0 spiro atoms. The first kappa shape index (κ1) is 18.5. The van der Waals surface area contributed by atoms with E-state index in [2.05, 4.69) is 40.1 Å². The zero-order chi connectivity index (χ0) is 19.1. The van der Waals surface area contributed by atoms with Crippen LogP contribution in [0.25, 0.3) is 0 Å². The Balaban J connectivity index is 1.76. The van der Waals surface area contributed by atoms with Crippen molar-refractivity contribution in [2.24, 2.45) is 0 Å². The smallest absolute Gasteiger partial charge is 0.273 e. The summed E-state index contributed by atoms with van der Waals surface area (Å²) in [6.07, 6.45) is 9.28. The van der Waals surface area contributed by atoms with Crippen molar-refractivity contribution in [2.75, 3.05) is 17.8 Å². The van der Waals surface area contributed by atoms with E-state index < -0.39 is 0 Å². The van der Waals surface area contributed by atoms with Crippen LogP contribution in [0.15, 0.2) is 76.8 Å². The van der Waals surface area contributed by atoms with Crippen molar-refractivity contribution < 1.29 is 0 Å². The summed E-state index contributed by atoms with van der Waals surface area (Å²) in [5.41, 5.74) is 6.76. The number of anilines is 1. The highest BCUT2D eigenvalue weighted by Crippen LogP contribution is 2.12. The molecule has 6 heteroatoms. The van der Waals surface area contributed by atoms with Crippen LogP contribution in [0.3, 0.4) is 0 Å². The summed E-state index contributed by atoms with van der Waals surface area (Å²) in [6.45, 7) is 3.14. The third-order valence-electron chi connectivity index (χ3n) is 4.33. The minimum Gasteiger partial charge on any atom is -0.379 e. The van der Waals surface area contributed by atoms with Crippen LogP contribution in [0.5, 0.6) is 0 Å². The predicted octanol–water partition coefficient (Wildman–Crippen LogP) is 2.91. The summed E-state index contributed by atoms with van der Waals surface area (Å²) in [4.78, 5) is 17.0. The Bertz CT molecular complexity index is 925. The fraction of sp³-hybridized carbons (Fsp3) is 0.238. The molecule has 3 N–H and O–H groups in total. The molecule has 6 nitrogen and oxygen atoms in total. The van der Waals surface area contributed by atoms with Gasteiger partial charge in [0.25, 0.3) is 5.56 Å². The van der Waals surface area contributed by atoms with Gasteiger partial charge in [-0.1, -0.05) is 48.6 Å². The van der Waals surface area contributed by atoms with Gasteiger partial charge in [-0.15, -0.1) is 0 Å². The van der Waals surface area contributed by atoms with Crippen LogP contribution in [-0.2, 0) is 13.1 Å². The van der Waals surface area contributed by atoms with Crippen molar-refractivity contribution >= 4 is 5.95 Å². The SMILES string of the molecule is CNn1c(NCc2ccccc2)nc(CNC2=CC=CCC=C2C)cc1=O. The number of allylic oxidation sites excluding steroid dienone is 5. The zero-order valence-electron chi connectivity index (χ0n) is 15.7. The van der Waals surface area contributed by atoms with E-state index >= 15 is 0 Å². The number of nitrogens with zero attached hydrogens (tertiary/aromatic N) is 2. The van der Waals surface area contributed by atoms with Gasteiger partial charge in [-0.05, 0) is 30.6 Å². The lowest BCUT2D eigenvalue weighted by atomic mass is 10.2. The van der Waals surface area contributed by atoms with Crippen molar-refractivity contribution in [1.29, 1.82) is 0 Å². The summed E-state index contributed by atoms with van der Waals surface area (Å²) in [6, 6.07) is 11.6. The van der Waals surface area contributed by atoms with Gasteiger partial charge in [0.1, 0.15) is 0 Å². The molecule has 0 amide bonds. The second kappa shape index (κ2) is 8.89. The summed E-state index contributed by atoms with van der Waals surface area (Å²) in [5, 5.41) is 6.62. The first-order valence-corrected chi connectivity index (χ1v) is 9.03. The molecular weight excluding hydrogens is 338 g/mol. The number of aromatic nitrogens is 2. The zero-order valence-corrected chi connectivity index (χ0v) is 15.7. The Morgan fingerprint density at radius 2 is 1.96 bits per heavy atom. The minimum atomic E-state index is -0.151. The number of rotatable bonds is 7. The Morgan fingerprint density at radius 3 is 2.74 bits per heavy atom. The molecule has 0 bridgehead atoms. The van der Waals surface area contributed by atoms with E-state index in [0.29, 0.717) is 24.7 Å². The first-order chi connectivity index (χ1) is 13.2. The van der Waals surface area contributed by atoms with Crippen LogP contribution in [0.4, 0.5) is 5.95 Å². The van der Waals surface area contributed by atoms with E-state index in [1.807, 2.05) is 42.5 Å². The van der Waals surface area contributed by atoms with Gasteiger partial charge < -0.3 is 16.1 Å². The second-order valence-corrected chi connectivity index (χ2v) is 6.29. The van der Waals surface area contributed by atoms with E-state index in [1.165, 1.54) is 10.2 Å². The predicted molar refractivity (Wildman–Crippen MR) is 110 cm³/mol. The maximum absolute atomic E-state index is 12.4. The quantitative estimate of drug-likeness (QED) is 0.706. The summed E-state index contributed by atoms with van der Waals surface area (Å²) < 4.78 is 1.41. The highest BCUT2D eigenvalue weighted by Gasteiger charge is 2.09. The van der Waals surface area contributed by atoms with Gasteiger partial charge in [0.2, 0.25) is 5.95 Å². The molecule has 1 aliphatic rings. The molecule has 0 saturated heterocycles. The lowest BCUT2D eigenvalue weighted by molar-refractivity contribution is 0.757. The Labute approximate surface area is 159 Å². The molecule has 2 aromatic rings. The standard InChI is InChI=1S/C21H25N5O/c1-16-9-5-3-8-12-19(16)23-15-18-13-20(27)26(22-2)21(25-18)24-14-17-10-6-4-7-11-17/h3-4,6-13,22-23H,5,14-15H2,1-2H3,(H,24,25). The van der Waals surface area contributed by atoms with Crippen LogP contribution in [0, 0.1) is 0 Å². The largest absolute Gasteiger partial charge is 0.379 e. The van der Waals surface area contributed by atoms with E-state index in [-0.39, 0.29) is 5.56 Å². The molecule has 1 heterocycles. The summed E-state index contributed by atoms with van der Waals surface area (Å²) in [5.74, 6) is 0.493. The fourth-order valence-electron chi connectivity index (χ4n) is 2.85. The van der Waals surface area contributed by atoms with Crippen molar-refractivity contribution in [3.05, 3.63) is 93.6 Å². The van der Waals surface area contributed by atoms with Crippen LogP contribution in [0.1, 0.15) is 24.6 Å². The summed E-state index contributed by atoms with van der Waals surface area (Å²) in [7, 11) is 1.70. The van der Waals surface area contributed by atoms with Gasteiger partial charge in [0.15, 0.2) is 0 Å². The van der Waals surface area contributed by atoms with Gasteiger partial charge in [0.05, 0.1) is 12.2 Å². The van der Waals surface area contributed by atoms with E-state index in [9.17, 15) is 4.79 Å². The topological polar surface area (TPSA) is 71.0 Å². The first-order valence-electron chi connectivity index (χ1n) is 9.03. The molecule has 3 rings (SSSR count). The number of hydrogen-bond donors (Lipinski definition) is 3. The van der Waals surface area contributed by atoms with E-state index in [0.717, 1.165) is 17.7 Å². The van der Waals surface area contributed by atoms with Gasteiger partial charge in [-0.3, -0.25) is 4.79 Å². The molecule has 1 aliphatic carbocycles. The van der Waals surface area contributed by atoms with Crippen molar-refractivity contribution in [1.82, 2.24) is 15.0 Å². The summed E-state index contributed by atoms with van der Waals surface area (Å²) >= 11 is 0. The molecule has 0 unspecified atom stereocenters. The van der Waals surface area contributed by atoms with Gasteiger partial charge >= 0.3 is 0 Å². The monoisotopic (exact) mass is 363 g/mol. The highest BCUT2D eigenvalue weighted by molar-refractivity contribution is 5.35. The van der Waals surface area contributed by atoms with E-state index in [1.54, 1.807) is 13.1 Å². The fourth-order valence-corrected chi connectivity index (χ4v) is 2.85. The maximum Gasteiger partial charge on any atom is 0.273 e. The Morgan fingerprint density at radius 1 is 1.15 bits per heavy atom. The van der Waals surface area contributed by atoms with Crippen LogP contribution < -0.4 is 21.6 Å². The average molecular weight is 363 g/mol. The molecule has 0 fully saturated rings. The van der Waals surface area contributed by atoms with Crippen LogP contribution in [0.2, 0.25) is 0 Å². The number of benzene rings is 1. The third kappa shape index (κ3) is 4.88. The average Bonchev–Trinajstić information content (AvgIpc) is 2.89. The Hall–Kier alpha value is -3.28. The molecule has 140 valence electrons. The second-order valence-electron chi connectivity index (χ2n) is 6.29. The highest BCUT2D eigenvalue weighted by atomic mass is 16.1. The third-order valence-corrected chi connectivity index (χ3v) is 4.33. The maximum atomic E-state index is 12.4. The molecule has 1 aromatic carbocycles. The van der Waals surface area contributed by atoms with Gasteiger partial charge in [-0.2, -0.15) is 4.68 Å². The van der Waals surface area contributed by atoms with E-state index in [4.69, 9.17) is 0 Å². The normalized spacial score (nSPS) is 13.4. The molecule has 27 heavy (non-hydrogen) atoms. The minimum absolute atomic E-state index is 0.151.